The van der Waals surface area contributed by atoms with Gasteiger partial charge in [0, 0.05) is 18.8 Å². The van der Waals surface area contributed by atoms with E-state index in [0.29, 0.717) is 10.6 Å². The second-order valence-corrected chi connectivity index (χ2v) is 6.08. The van der Waals surface area contributed by atoms with Crippen molar-refractivity contribution in [3.63, 3.8) is 0 Å². The number of carbonyl (C=O) groups is 1. The van der Waals surface area contributed by atoms with Gasteiger partial charge in [-0.3, -0.25) is 9.69 Å². The van der Waals surface area contributed by atoms with Crippen LogP contribution >= 0.6 is 11.3 Å². The zero-order valence-corrected chi connectivity index (χ0v) is 12.3. The van der Waals surface area contributed by atoms with Gasteiger partial charge in [0.1, 0.15) is 0 Å². The summed E-state index contributed by atoms with van der Waals surface area (Å²) in [6.45, 7) is -0.507. The van der Waals surface area contributed by atoms with E-state index in [4.69, 9.17) is 0 Å². The van der Waals surface area contributed by atoms with Gasteiger partial charge in [0.05, 0.1) is 11.4 Å². The molecule has 0 radical (unpaired) electrons. The molecule has 2 aromatic rings. The van der Waals surface area contributed by atoms with Crippen molar-refractivity contribution in [2.45, 2.75) is 19.3 Å². The molecule has 3 nitrogen and oxygen atoms in total. The van der Waals surface area contributed by atoms with Gasteiger partial charge in [-0.15, -0.1) is 11.3 Å². The third-order valence-electron chi connectivity index (χ3n) is 3.44. The lowest BCUT2D eigenvalue weighted by atomic mass is 10.1. The molecule has 1 amide bonds. The van der Waals surface area contributed by atoms with Crippen LogP contribution in [0.25, 0.3) is 0 Å². The summed E-state index contributed by atoms with van der Waals surface area (Å²) < 4.78 is 37.6. The molecule has 3 rings (SSSR count). The van der Waals surface area contributed by atoms with Gasteiger partial charge in [-0.2, -0.15) is 13.2 Å². The Bertz CT molecular complexity index is 683. The Morgan fingerprint density at radius 1 is 1.23 bits per heavy atom. The molecule has 0 saturated carbocycles. The van der Waals surface area contributed by atoms with E-state index in [1.54, 1.807) is 35.7 Å². The molecule has 0 saturated heterocycles. The summed E-state index contributed by atoms with van der Waals surface area (Å²) in [6, 6.07) is 8.76. The molecule has 1 aliphatic rings. The molecule has 116 valence electrons. The number of carbonyl (C=O) groups excluding carboxylic acids is 1. The molecular weight excluding hydrogens is 313 g/mol. The first kappa shape index (κ1) is 15.1. The van der Waals surface area contributed by atoms with E-state index in [0.717, 1.165) is 11.1 Å². The van der Waals surface area contributed by atoms with Crippen molar-refractivity contribution in [3.05, 3.63) is 51.7 Å². The number of amides is 1. The van der Waals surface area contributed by atoms with Gasteiger partial charge >= 0.3 is 6.18 Å². The zero-order chi connectivity index (χ0) is 15.7. The van der Waals surface area contributed by atoms with Crippen molar-refractivity contribution >= 4 is 22.9 Å². The number of rotatable bonds is 3. The summed E-state index contributed by atoms with van der Waals surface area (Å²) in [5, 5.41) is 4.59. The Morgan fingerprint density at radius 2 is 2.05 bits per heavy atom. The van der Waals surface area contributed by atoms with Crippen molar-refractivity contribution in [1.29, 1.82) is 0 Å². The molecule has 2 heterocycles. The lowest BCUT2D eigenvalue weighted by molar-refractivity contribution is -0.146. The summed E-state index contributed by atoms with van der Waals surface area (Å²) in [7, 11) is 0. The minimum Gasteiger partial charge on any atom is -0.321 e. The fourth-order valence-electron chi connectivity index (χ4n) is 2.56. The standard InChI is InChI=1S/C15H13F3N2OS/c16-15(17,18)9-20-7-10-3-1-4-12(11(10)8-20)19-14(21)13-5-2-6-22-13/h1-6H,7-9H2,(H,19,21). The monoisotopic (exact) mass is 326 g/mol. The molecule has 0 aliphatic carbocycles. The van der Waals surface area contributed by atoms with Crippen LogP contribution in [-0.2, 0) is 13.1 Å². The Hall–Kier alpha value is -1.86. The van der Waals surface area contributed by atoms with E-state index in [1.165, 1.54) is 16.2 Å². The predicted molar refractivity (Wildman–Crippen MR) is 78.9 cm³/mol. The van der Waals surface area contributed by atoms with Crippen molar-refractivity contribution in [2.24, 2.45) is 0 Å². The van der Waals surface area contributed by atoms with Crippen LogP contribution < -0.4 is 5.32 Å². The molecule has 0 unspecified atom stereocenters. The summed E-state index contributed by atoms with van der Waals surface area (Å²) in [6.07, 6.45) is -4.22. The van der Waals surface area contributed by atoms with Gasteiger partial charge in [-0.1, -0.05) is 18.2 Å². The highest BCUT2D eigenvalue weighted by Gasteiger charge is 2.34. The largest absolute Gasteiger partial charge is 0.401 e. The number of thiophene rings is 1. The molecule has 1 N–H and O–H groups in total. The zero-order valence-electron chi connectivity index (χ0n) is 11.5. The molecule has 1 aromatic heterocycles. The van der Waals surface area contributed by atoms with E-state index in [1.807, 2.05) is 0 Å². The van der Waals surface area contributed by atoms with Crippen LogP contribution in [0.5, 0.6) is 0 Å². The third-order valence-corrected chi connectivity index (χ3v) is 4.31. The summed E-state index contributed by atoms with van der Waals surface area (Å²) in [5.74, 6) is -0.238. The van der Waals surface area contributed by atoms with Crippen molar-refractivity contribution in [3.8, 4) is 0 Å². The van der Waals surface area contributed by atoms with Crippen molar-refractivity contribution in [2.75, 3.05) is 11.9 Å². The Morgan fingerprint density at radius 3 is 2.73 bits per heavy atom. The van der Waals surface area contributed by atoms with E-state index in [-0.39, 0.29) is 19.0 Å². The number of benzene rings is 1. The molecule has 0 spiro atoms. The highest BCUT2D eigenvalue weighted by Crippen LogP contribution is 2.31. The number of alkyl halides is 3. The van der Waals surface area contributed by atoms with Gasteiger partial charge in [0.25, 0.3) is 5.91 Å². The molecule has 0 bridgehead atoms. The van der Waals surface area contributed by atoms with Crippen molar-refractivity contribution in [1.82, 2.24) is 4.90 Å². The first-order valence-electron chi connectivity index (χ1n) is 6.67. The number of halogens is 3. The van der Waals surface area contributed by atoms with Crippen LogP contribution in [0.1, 0.15) is 20.8 Å². The topological polar surface area (TPSA) is 32.3 Å². The number of nitrogens with zero attached hydrogens (tertiary/aromatic N) is 1. The molecule has 1 aromatic carbocycles. The molecule has 22 heavy (non-hydrogen) atoms. The lowest BCUT2D eigenvalue weighted by Crippen LogP contribution is -2.30. The maximum atomic E-state index is 12.5. The molecular formula is C15H13F3N2OS. The van der Waals surface area contributed by atoms with Crippen LogP contribution in [-0.4, -0.2) is 23.5 Å². The first-order valence-corrected chi connectivity index (χ1v) is 7.55. The van der Waals surface area contributed by atoms with Gasteiger partial charge in [0.15, 0.2) is 0 Å². The fourth-order valence-corrected chi connectivity index (χ4v) is 3.18. The van der Waals surface area contributed by atoms with Gasteiger partial charge in [-0.25, -0.2) is 0 Å². The Kier molecular flexibility index (Phi) is 3.92. The molecule has 7 heteroatoms. The highest BCUT2D eigenvalue weighted by molar-refractivity contribution is 7.12. The second kappa shape index (κ2) is 5.73. The lowest BCUT2D eigenvalue weighted by Gasteiger charge is -2.16. The van der Waals surface area contributed by atoms with Crippen LogP contribution in [0.3, 0.4) is 0 Å². The number of anilines is 1. The maximum Gasteiger partial charge on any atom is 0.401 e. The first-order chi connectivity index (χ1) is 10.4. The second-order valence-electron chi connectivity index (χ2n) is 5.14. The number of fused-ring (bicyclic) bond motifs is 1. The highest BCUT2D eigenvalue weighted by atomic mass is 32.1. The van der Waals surface area contributed by atoms with Gasteiger partial charge in [-0.05, 0) is 28.6 Å². The van der Waals surface area contributed by atoms with Gasteiger partial charge in [0.2, 0.25) is 0 Å². The average molecular weight is 326 g/mol. The normalized spacial score (nSPS) is 14.9. The number of hydrogen-bond donors (Lipinski definition) is 1. The number of hydrogen-bond acceptors (Lipinski definition) is 3. The maximum absolute atomic E-state index is 12.5. The van der Waals surface area contributed by atoms with Gasteiger partial charge < -0.3 is 5.32 Å². The molecule has 0 fully saturated rings. The smallest absolute Gasteiger partial charge is 0.321 e. The molecule has 1 aliphatic heterocycles. The minimum absolute atomic E-state index is 0.190. The summed E-state index contributed by atoms with van der Waals surface area (Å²) in [4.78, 5) is 14.0. The average Bonchev–Trinajstić information content (AvgIpc) is 3.05. The van der Waals surface area contributed by atoms with E-state index in [2.05, 4.69) is 5.32 Å². The summed E-state index contributed by atoms with van der Waals surface area (Å²) in [5.41, 5.74) is 2.17. The Labute approximate surface area is 129 Å². The van der Waals surface area contributed by atoms with E-state index < -0.39 is 12.7 Å². The van der Waals surface area contributed by atoms with Crippen molar-refractivity contribution < 1.29 is 18.0 Å². The van der Waals surface area contributed by atoms with E-state index in [9.17, 15) is 18.0 Å². The quantitative estimate of drug-likeness (QED) is 0.928. The fraction of sp³-hybridized carbons (Fsp3) is 0.267. The Balaban J connectivity index is 1.77. The third kappa shape index (κ3) is 3.31. The van der Waals surface area contributed by atoms with Crippen LogP contribution in [0.4, 0.5) is 18.9 Å². The number of nitrogens with one attached hydrogen (secondary N) is 1. The van der Waals surface area contributed by atoms with Crippen LogP contribution in [0.15, 0.2) is 35.7 Å². The van der Waals surface area contributed by atoms with Crippen LogP contribution in [0.2, 0.25) is 0 Å². The SMILES string of the molecule is O=C(Nc1cccc2c1CN(CC(F)(F)F)C2)c1cccs1. The predicted octanol–water partition coefficient (Wildman–Crippen LogP) is 3.88. The minimum atomic E-state index is -4.22. The molecule has 0 atom stereocenters. The van der Waals surface area contributed by atoms with E-state index >= 15 is 0 Å². The summed E-state index contributed by atoms with van der Waals surface area (Å²) >= 11 is 1.32. The van der Waals surface area contributed by atoms with Crippen LogP contribution in [0, 0.1) is 0 Å².